The minimum Gasteiger partial charge on any atom is -0.493 e. The molecule has 1 aliphatic rings. The van der Waals surface area contributed by atoms with Crippen LogP contribution >= 0.6 is 11.8 Å². The van der Waals surface area contributed by atoms with Gasteiger partial charge < -0.3 is 14.2 Å². The molecule has 0 saturated carbocycles. The number of anilines is 1. The third-order valence-corrected chi connectivity index (χ3v) is 6.45. The summed E-state index contributed by atoms with van der Waals surface area (Å²) >= 11 is 1.55. The van der Waals surface area contributed by atoms with Crippen molar-refractivity contribution in [1.82, 2.24) is 15.2 Å². The Hall–Kier alpha value is -3.33. The van der Waals surface area contributed by atoms with Gasteiger partial charge in [0.05, 0.1) is 25.5 Å². The van der Waals surface area contributed by atoms with Crippen LogP contribution in [0.5, 0.6) is 17.4 Å². The molecule has 4 rings (SSSR count). The Bertz CT molecular complexity index is 1170. The summed E-state index contributed by atoms with van der Waals surface area (Å²) in [6.45, 7) is 3.67. The Morgan fingerprint density at radius 3 is 2.65 bits per heavy atom. The molecule has 9 heteroatoms. The molecule has 1 amide bonds. The smallest absolute Gasteiger partial charge is 0.247 e. The molecule has 0 saturated heterocycles. The van der Waals surface area contributed by atoms with Gasteiger partial charge >= 0.3 is 0 Å². The highest BCUT2D eigenvalue weighted by Gasteiger charge is 2.36. The number of aromatic nitrogens is 3. The van der Waals surface area contributed by atoms with Crippen LogP contribution in [0.3, 0.4) is 0 Å². The molecular weight excluding hydrogens is 452 g/mol. The summed E-state index contributed by atoms with van der Waals surface area (Å²) in [6.07, 6.45) is 2.53. The van der Waals surface area contributed by atoms with Gasteiger partial charge in [0.2, 0.25) is 23.2 Å². The monoisotopic (exact) mass is 480 g/mol. The summed E-state index contributed by atoms with van der Waals surface area (Å²) < 4.78 is 17.6. The van der Waals surface area contributed by atoms with Gasteiger partial charge in [-0.05, 0) is 24.6 Å². The van der Waals surface area contributed by atoms with Crippen LogP contribution in [0.2, 0.25) is 0 Å². The number of carbonyl (C=O) groups excluding carboxylic acids is 1. The van der Waals surface area contributed by atoms with E-state index in [1.165, 1.54) is 6.92 Å². The van der Waals surface area contributed by atoms with E-state index in [1.807, 2.05) is 36.4 Å². The van der Waals surface area contributed by atoms with Gasteiger partial charge in [-0.15, -0.1) is 10.2 Å². The standard InChI is InChI=1S/C25H28N4O4S/c1-5-6-9-15-34-25-26-23-21(27-28-25)17-11-7-8-13-19(17)29(16(2)30)24(33-23)18-12-10-14-20(31-3)22(18)32-4/h7-8,10-14,24H,5-6,9,15H2,1-4H3. The molecule has 0 spiro atoms. The van der Waals surface area contributed by atoms with Crippen molar-refractivity contribution in [3.05, 3.63) is 48.0 Å². The first kappa shape index (κ1) is 23.8. The van der Waals surface area contributed by atoms with Crippen molar-refractivity contribution in [3.63, 3.8) is 0 Å². The van der Waals surface area contributed by atoms with Crippen molar-refractivity contribution < 1.29 is 19.0 Å². The Kier molecular flexibility index (Phi) is 7.52. The minimum absolute atomic E-state index is 0.197. The van der Waals surface area contributed by atoms with E-state index >= 15 is 0 Å². The lowest BCUT2D eigenvalue weighted by atomic mass is 10.1. The number of unbranched alkanes of at least 4 members (excludes halogenated alkanes) is 2. The number of fused-ring (bicyclic) bond motifs is 3. The maximum atomic E-state index is 13.0. The maximum Gasteiger partial charge on any atom is 0.247 e. The van der Waals surface area contributed by atoms with E-state index in [1.54, 1.807) is 36.9 Å². The predicted octanol–water partition coefficient (Wildman–Crippen LogP) is 5.28. The fraction of sp³-hybridized carbons (Fsp3) is 0.360. The quantitative estimate of drug-likeness (QED) is 0.318. The maximum absolute atomic E-state index is 13.0. The Labute approximate surface area is 203 Å². The topological polar surface area (TPSA) is 86.7 Å². The van der Waals surface area contributed by atoms with Crippen LogP contribution in [-0.4, -0.2) is 41.1 Å². The molecule has 0 radical (unpaired) electrons. The predicted molar refractivity (Wildman–Crippen MR) is 132 cm³/mol. The second-order valence-corrected chi connectivity index (χ2v) is 8.82. The fourth-order valence-electron chi connectivity index (χ4n) is 3.94. The summed E-state index contributed by atoms with van der Waals surface area (Å²) in [6, 6.07) is 13.0. The lowest BCUT2D eigenvalue weighted by molar-refractivity contribution is -0.118. The molecule has 1 unspecified atom stereocenters. The molecule has 3 aromatic rings. The lowest BCUT2D eigenvalue weighted by Gasteiger charge is -2.31. The van der Waals surface area contributed by atoms with Crippen molar-refractivity contribution >= 4 is 23.4 Å². The third kappa shape index (κ3) is 4.65. The Morgan fingerprint density at radius 2 is 1.91 bits per heavy atom. The number of methoxy groups -OCH3 is 2. The van der Waals surface area contributed by atoms with Crippen LogP contribution in [0.1, 0.15) is 44.9 Å². The van der Waals surface area contributed by atoms with Gasteiger partial charge in [0.15, 0.2) is 17.2 Å². The molecule has 178 valence electrons. The van der Waals surface area contributed by atoms with Crippen LogP contribution in [0, 0.1) is 0 Å². The molecule has 1 atom stereocenters. The van der Waals surface area contributed by atoms with E-state index in [2.05, 4.69) is 17.1 Å². The first-order chi connectivity index (χ1) is 16.6. The van der Waals surface area contributed by atoms with E-state index in [-0.39, 0.29) is 5.91 Å². The Morgan fingerprint density at radius 1 is 1.09 bits per heavy atom. The highest BCUT2D eigenvalue weighted by Crippen LogP contribution is 2.46. The average Bonchev–Trinajstić information content (AvgIpc) is 3.00. The number of carbonyl (C=O) groups is 1. The molecule has 1 aliphatic heterocycles. The van der Waals surface area contributed by atoms with Crippen molar-refractivity contribution in [3.8, 4) is 28.6 Å². The zero-order chi connectivity index (χ0) is 24.1. The zero-order valence-corrected chi connectivity index (χ0v) is 20.6. The van der Waals surface area contributed by atoms with Crippen molar-refractivity contribution in [2.24, 2.45) is 0 Å². The summed E-state index contributed by atoms with van der Waals surface area (Å²) in [5.41, 5.74) is 2.50. The van der Waals surface area contributed by atoms with Gasteiger partial charge in [-0.3, -0.25) is 9.69 Å². The van der Waals surface area contributed by atoms with Gasteiger partial charge in [-0.25, -0.2) is 0 Å². The lowest BCUT2D eigenvalue weighted by Crippen LogP contribution is -2.36. The number of hydrogen-bond acceptors (Lipinski definition) is 8. The molecule has 34 heavy (non-hydrogen) atoms. The molecule has 2 aromatic carbocycles. The second kappa shape index (κ2) is 10.7. The third-order valence-electron chi connectivity index (χ3n) is 5.53. The normalized spacial score (nSPS) is 14.5. The van der Waals surface area contributed by atoms with Gasteiger partial charge in [-0.1, -0.05) is 55.8 Å². The summed E-state index contributed by atoms with van der Waals surface area (Å²) in [5, 5.41) is 9.34. The molecule has 0 bridgehead atoms. The van der Waals surface area contributed by atoms with E-state index < -0.39 is 6.23 Å². The highest BCUT2D eigenvalue weighted by atomic mass is 32.2. The van der Waals surface area contributed by atoms with Crippen LogP contribution in [-0.2, 0) is 4.79 Å². The minimum atomic E-state index is -0.848. The SMILES string of the molecule is CCCCCSc1nnc2c(n1)OC(c1cccc(OC)c1OC)N(C(C)=O)c1ccccc1-2. The van der Waals surface area contributed by atoms with Gasteiger partial charge in [-0.2, -0.15) is 4.98 Å². The fourth-order valence-corrected chi connectivity index (χ4v) is 4.72. The molecule has 0 aliphatic carbocycles. The van der Waals surface area contributed by atoms with Gasteiger partial charge in [0.1, 0.15) is 0 Å². The van der Waals surface area contributed by atoms with E-state index in [4.69, 9.17) is 19.2 Å². The van der Waals surface area contributed by atoms with Gasteiger partial charge in [0, 0.05) is 18.2 Å². The van der Waals surface area contributed by atoms with Gasteiger partial charge in [0.25, 0.3) is 0 Å². The number of ether oxygens (including phenoxy) is 3. The number of nitrogens with zero attached hydrogens (tertiary/aromatic N) is 4. The molecular formula is C25H28N4O4S. The van der Waals surface area contributed by atoms with E-state index in [0.29, 0.717) is 39.5 Å². The van der Waals surface area contributed by atoms with Crippen LogP contribution in [0.25, 0.3) is 11.3 Å². The first-order valence-corrected chi connectivity index (χ1v) is 12.2. The zero-order valence-electron chi connectivity index (χ0n) is 19.8. The number of benzene rings is 2. The van der Waals surface area contributed by atoms with Crippen LogP contribution < -0.4 is 19.1 Å². The number of thioether (sulfide) groups is 1. The highest BCUT2D eigenvalue weighted by molar-refractivity contribution is 7.99. The van der Waals surface area contributed by atoms with E-state index in [9.17, 15) is 4.79 Å². The summed E-state index contributed by atoms with van der Waals surface area (Å²) in [5.74, 6) is 2.05. The van der Waals surface area contributed by atoms with E-state index in [0.717, 1.165) is 30.6 Å². The number of rotatable bonds is 8. The first-order valence-electron chi connectivity index (χ1n) is 11.2. The number of para-hydroxylation sites is 2. The van der Waals surface area contributed by atoms with Crippen molar-refractivity contribution in [2.45, 2.75) is 44.5 Å². The Balaban J connectivity index is 1.85. The molecule has 0 fully saturated rings. The summed E-state index contributed by atoms with van der Waals surface area (Å²) in [4.78, 5) is 19.3. The van der Waals surface area contributed by atoms with Crippen molar-refractivity contribution in [1.29, 1.82) is 0 Å². The van der Waals surface area contributed by atoms with Crippen molar-refractivity contribution in [2.75, 3.05) is 24.9 Å². The molecule has 8 nitrogen and oxygen atoms in total. The van der Waals surface area contributed by atoms with Crippen LogP contribution in [0.15, 0.2) is 47.6 Å². The number of amides is 1. The molecule has 2 heterocycles. The number of hydrogen-bond donors (Lipinski definition) is 0. The second-order valence-electron chi connectivity index (χ2n) is 7.76. The average molecular weight is 481 g/mol. The largest absolute Gasteiger partial charge is 0.493 e. The molecule has 0 N–H and O–H groups in total. The molecule has 1 aromatic heterocycles. The van der Waals surface area contributed by atoms with Crippen LogP contribution in [0.4, 0.5) is 5.69 Å². The summed E-state index contributed by atoms with van der Waals surface area (Å²) in [7, 11) is 3.13.